The third-order valence-electron chi connectivity index (χ3n) is 6.70. The number of phenols is 1. The van der Waals surface area contributed by atoms with Crippen LogP contribution in [0.5, 0.6) is 5.75 Å². The Hall–Kier alpha value is -2.04. The van der Waals surface area contributed by atoms with Gasteiger partial charge in [-0.1, -0.05) is 56.3 Å². The fourth-order valence-corrected chi connectivity index (χ4v) is 4.50. The van der Waals surface area contributed by atoms with E-state index in [1.165, 1.54) is 7.11 Å². The number of esters is 1. The number of halogens is 1. The van der Waals surface area contributed by atoms with E-state index in [0.717, 1.165) is 30.6 Å². The lowest BCUT2D eigenvalue weighted by Gasteiger charge is -2.50. The minimum Gasteiger partial charge on any atom is -0.508 e. The Kier molecular flexibility index (Phi) is 7.36. The number of carbonyl (C=O) groups is 1. The van der Waals surface area contributed by atoms with Crippen LogP contribution in [0.2, 0.25) is 0 Å². The number of rotatable bonds is 5. The number of nitrogens with zero attached hydrogens (tertiary/aromatic N) is 1. The first kappa shape index (κ1) is 23.2. The normalized spacial score (nSPS) is 24.2. The van der Waals surface area contributed by atoms with E-state index in [-0.39, 0.29) is 23.8 Å². The smallest absolute Gasteiger partial charge is 0.326 e. The molecule has 0 radical (unpaired) electrons. The maximum absolute atomic E-state index is 12.8. The predicted molar refractivity (Wildman–Crippen MR) is 119 cm³/mol. The number of benzene rings is 2. The first-order valence-electron chi connectivity index (χ1n) is 9.96. The van der Waals surface area contributed by atoms with Crippen LogP contribution in [0.4, 0.5) is 0 Å². The van der Waals surface area contributed by atoms with Crippen molar-refractivity contribution in [1.82, 2.24) is 4.90 Å². The maximum Gasteiger partial charge on any atom is 0.326 e. The van der Waals surface area contributed by atoms with Gasteiger partial charge in [-0.05, 0) is 47.9 Å². The van der Waals surface area contributed by atoms with E-state index in [1.54, 1.807) is 6.07 Å². The fourth-order valence-electron chi connectivity index (χ4n) is 4.50. The standard InChI is InChI=1S/C24H31NO3.ClH/c1-18-17-25(14-13-23(18,2)20-11-8-12-21(26)15-20)24(3,22(27)28-4)16-19-9-6-5-7-10-19;/h5-12,15,18,26H,13-14,16-17H2,1-4H3;1H/t18-,23+,24-;/m0./s1. The molecule has 2 aromatic carbocycles. The Morgan fingerprint density at radius 3 is 2.52 bits per heavy atom. The zero-order valence-corrected chi connectivity index (χ0v) is 18.5. The Labute approximate surface area is 180 Å². The van der Waals surface area contributed by atoms with Crippen molar-refractivity contribution in [1.29, 1.82) is 0 Å². The molecular formula is C24H32ClNO3. The first-order valence-corrected chi connectivity index (χ1v) is 9.96. The zero-order chi connectivity index (χ0) is 20.4. The molecule has 29 heavy (non-hydrogen) atoms. The van der Waals surface area contributed by atoms with E-state index < -0.39 is 5.54 Å². The molecule has 1 fully saturated rings. The number of piperidine rings is 1. The monoisotopic (exact) mass is 417 g/mol. The molecule has 3 atom stereocenters. The Morgan fingerprint density at radius 2 is 1.93 bits per heavy atom. The number of likely N-dealkylation sites (tertiary alicyclic amines) is 1. The number of ether oxygens (including phenoxy) is 1. The van der Waals surface area contributed by atoms with Crippen LogP contribution in [0.3, 0.4) is 0 Å². The summed E-state index contributed by atoms with van der Waals surface area (Å²) < 4.78 is 5.21. The van der Waals surface area contributed by atoms with E-state index in [4.69, 9.17) is 4.74 Å². The summed E-state index contributed by atoms with van der Waals surface area (Å²) in [6.45, 7) is 8.09. The highest BCUT2D eigenvalue weighted by Crippen LogP contribution is 2.42. The largest absolute Gasteiger partial charge is 0.508 e. The Balaban J connectivity index is 0.00000300. The van der Waals surface area contributed by atoms with Crippen LogP contribution in [0, 0.1) is 5.92 Å². The molecule has 0 aliphatic carbocycles. The number of phenolic OH excluding ortho intramolecular Hbond substituents is 1. The van der Waals surface area contributed by atoms with Gasteiger partial charge in [0, 0.05) is 19.5 Å². The first-order chi connectivity index (χ1) is 13.3. The molecule has 5 heteroatoms. The summed E-state index contributed by atoms with van der Waals surface area (Å²) in [6.07, 6.45) is 1.54. The molecule has 1 N–H and O–H groups in total. The summed E-state index contributed by atoms with van der Waals surface area (Å²) >= 11 is 0. The minimum atomic E-state index is -0.704. The van der Waals surface area contributed by atoms with E-state index in [0.29, 0.717) is 18.1 Å². The maximum atomic E-state index is 12.8. The summed E-state index contributed by atoms with van der Waals surface area (Å²) in [6, 6.07) is 17.7. The lowest BCUT2D eigenvalue weighted by Crippen LogP contribution is -2.60. The lowest BCUT2D eigenvalue weighted by molar-refractivity contribution is -0.156. The summed E-state index contributed by atoms with van der Waals surface area (Å²) in [5.74, 6) is 0.434. The number of hydrogen-bond acceptors (Lipinski definition) is 4. The van der Waals surface area contributed by atoms with Crippen LogP contribution in [-0.4, -0.2) is 41.7 Å². The zero-order valence-electron chi connectivity index (χ0n) is 17.7. The molecule has 0 bridgehead atoms. The van der Waals surface area contributed by atoms with Crippen LogP contribution in [0.15, 0.2) is 54.6 Å². The Bertz CT molecular complexity index is 828. The molecule has 3 rings (SSSR count). The van der Waals surface area contributed by atoms with Crippen molar-refractivity contribution in [3.8, 4) is 5.75 Å². The molecule has 158 valence electrons. The number of aromatic hydroxyl groups is 1. The van der Waals surface area contributed by atoms with Crippen molar-refractivity contribution in [3.05, 3.63) is 65.7 Å². The van der Waals surface area contributed by atoms with Gasteiger partial charge in [0.1, 0.15) is 11.3 Å². The molecule has 0 amide bonds. The van der Waals surface area contributed by atoms with Gasteiger partial charge in [0.2, 0.25) is 0 Å². The number of hydrogen-bond donors (Lipinski definition) is 1. The third kappa shape index (κ3) is 4.59. The SMILES string of the molecule is COC(=O)[C@](C)(Cc1ccccc1)N1CC[C@@](C)(c2cccc(O)c2)[C@@H](C)C1.Cl. The molecule has 0 spiro atoms. The molecule has 1 aliphatic rings. The number of carbonyl (C=O) groups excluding carboxylic acids is 1. The van der Waals surface area contributed by atoms with Crippen LogP contribution in [0.25, 0.3) is 0 Å². The van der Waals surface area contributed by atoms with Gasteiger partial charge < -0.3 is 9.84 Å². The lowest BCUT2D eigenvalue weighted by atomic mass is 9.67. The van der Waals surface area contributed by atoms with Crippen molar-refractivity contribution in [2.75, 3.05) is 20.2 Å². The van der Waals surface area contributed by atoms with Crippen molar-refractivity contribution in [2.45, 2.75) is 44.6 Å². The second-order valence-electron chi connectivity index (χ2n) is 8.49. The van der Waals surface area contributed by atoms with Gasteiger partial charge in [-0.25, -0.2) is 0 Å². The highest BCUT2D eigenvalue weighted by atomic mass is 35.5. The van der Waals surface area contributed by atoms with Crippen molar-refractivity contribution in [2.24, 2.45) is 5.92 Å². The van der Waals surface area contributed by atoms with Crippen molar-refractivity contribution >= 4 is 18.4 Å². The summed E-state index contributed by atoms with van der Waals surface area (Å²) in [5.41, 5.74) is 1.54. The van der Waals surface area contributed by atoms with Gasteiger partial charge >= 0.3 is 5.97 Å². The molecule has 1 heterocycles. The molecule has 1 aliphatic heterocycles. The minimum absolute atomic E-state index is 0. The van der Waals surface area contributed by atoms with E-state index >= 15 is 0 Å². The van der Waals surface area contributed by atoms with E-state index in [2.05, 4.69) is 36.9 Å². The molecule has 4 nitrogen and oxygen atoms in total. The van der Waals surface area contributed by atoms with Gasteiger partial charge in [-0.2, -0.15) is 0 Å². The molecular weight excluding hydrogens is 386 g/mol. The number of methoxy groups -OCH3 is 1. The van der Waals surface area contributed by atoms with Crippen molar-refractivity contribution in [3.63, 3.8) is 0 Å². The van der Waals surface area contributed by atoms with Crippen molar-refractivity contribution < 1.29 is 14.6 Å². The molecule has 0 saturated carbocycles. The summed E-state index contributed by atoms with van der Waals surface area (Å²) in [5, 5.41) is 9.92. The van der Waals surface area contributed by atoms with Crippen LogP contribution in [0.1, 0.15) is 38.3 Å². The molecule has 1 saturated heterocycles. The average Bonchev–Trinajstić information content (AvgIpc) is 2.70. The predicted octanol–water partition coefficient (Wildman–Crippen LogP) is 4.59. The van der Waals surface area contributed by atoms with Gasteiger partial charge in [0.05, 0.1) is 7.11 Å². The van der Waals surface area contributed by atoms with E-state index in [1.807, 2.05) is 37.3 Å². The average molecular weight is 418 g/mol. The van der Waals surface area contributed by atoms with Gasteiger partial charge in [0.25, 0.3) is 0 Å². The molecule has 0 unspecified atom stereocenters. The van der Waals surface area contributed by atoms with Crippen LogP contribution >= 0.6 is 12.4 Å². The summed E-state index contributed by atoms with van der Waals surface area (Å²) in [4.78, 5) is 15.1. The fraction of sp³-hybridized carbons (Fsp3) is 0.458. The second kappa shape index (κ2) is 9.19. The quantitative estimate of drug-likeness (QED) is 0.723. The third-order valence-corrected chi connectivity index (χ3v) is 6.70. The van der Waals surface area contributed by atoms with Gasteiger partial charge in [-0.3, -0.25) is 9.69 Å². The highest BCUT2D eigenvalue weighted by molar-refractivity contribution is 5.85. The summed E-state index contributed by atoms with van der Waals surface area (Å²) in [7, 11) is 1.47. The topological polar surface area (TPSA) is 49.8 Å². The second-order valence-corrected chi connectivity index (χ2v) is 8.49. The highest BCUT2D eigenvalue weighted by Gasteiger charge is 2.47. The van der Waals surface area contributed by atoms with Gasteiger partial charge in [0.15, 0.2) is 0 Å². The molecule has 2 aromatic rings. The van der Waals surface area contributed by atoms with Crippen LogP contribution in [-0.2, 0) is 21.4 Å². The van der Waals surface area contributed by atoms with E-state index in [9.17, 15) is 9.90 Å². The van der Waals surface area contributed by atoms with Crippen LogP contribution < -0.4 is 0 Å². The van der Waals surface area contributed by atoms with Gasteiger partial charge in [-0.15, -0.1) is 12.4 Å². The molecule has 0 aromatic heterocycles. The Morgan fingerprint density at radius 1 is 1.24 bits per heavy atom.